The fourth-order valence-corrected chi connectivity index (χ4v) is 11.0. The van der Waals surface area contributed by atoms with Crippen LogP contribution < -0.4 is 15.9 Å². The Morgan fingerprint density at radius 2 is 1.10 bits per heavy atom. The summed E-state index contributed by atoms with van der Waals surface area (Å²) in [4.78, 5) is 0. The van der Waals surface area contributed by atoms with Crippen LogP contribution in [0.3, 0.4) is 0 Å². The molecule has 1 aliphatic rings. The third-order valence-corrected chi connectivity index (χ3v) is 12.6. The molecule has 0 radical (unpaired) electrons. The second-order valence-corrected chi connectivity index (χ2v) is 13.3. The molecular weight excluding hydrogens is 463 g/mol. The summed E-state index contributed by atoms with van der Waals surface area (Å²) in [5.41, 5.74) is 1.28. The first kappa shape index (κ1) is 20.6. The van der Waals surface area contributed by atoms with Crippen molar-refractivity contribution in [3.05, 3.63) is 125 Å². The molecule has 0 aliphatic carbocycles. The molecule has 31 heavy (non-hydrogen) atoms. The Morgan fingerprint density at radius 1 is 0.677 bits per heavy atom. The SMILES string of the molecule is CC1(c2ccc(Br)cc2)COC1[PH](c1ccccc1)(c1ccccc1)c1ccccc1. The predicted molar refractivity (Wildman–Crippen MR) is 138 cm³/mol. The molecule has 0 N–H and O–H groups in total. The van der Waals surface area contributed by atoms with Gasteiger partial charge in [0.1, 0.15) is 0 Å². The van der Waals surface area contributed by atoms with Crippen LogP contribution in [0.15, 0.2) is 120 Å². The number of rotatable bonds is 5. The van der Waals surface area contributed by atoms with E-state index in [1.165, 1.54) is 21.5 Å². The Bertz CT molecular complexity index is 1050. The number of hydrogen-bond donors (Lipinski definition) is 0. The van der Waals surface area contributed by atoms with Gasteiger partial charge >= 0.3 is 194 Å². The quantitative estimate of drug-likeness (QED) is 0.323. The van der Waals surface area contributed by atoms with E-state index >= 15 is 0 Å². The van der Waals surface area contributed by atoms with Crippen molar-refractivity contribution in [3.63, 3.8) is 0 Å². The van der Waals surface area contributed by atoms with Crippen molar-refractivity contribution in [2.24, 2.45) is 0 Å². The molecule has 4 aromatic carbocycles. The average molecular weight is 489 g/mol. The van der Waals surface area contributed by atoms with Gasteiger partial charge in [-0.2, -0.15) is 0 Å². The first-order valence-corrected chi connectivity index (χ1v) is 13.6. The third kappa shape index (κ3) is 3.38. The van der Waals surface area contributed by atoms with Gasteiger partial charge in [0.05, 0.1) is 0 Å². The van der Waals surface area contributed by atoms with Crippen molar-refractivity contribution in [3.8, 4) is 0 Å². The number of benzene rings is 4. The van der Waals surface area contributed by atoms with Crippen molar-refractivity contribution in [1.82, 2.24) is 0 Å². The van der Waals surface area contributed by atoms with Crippen LogP contribution in [0.25, 0.3) is 0 Å². The van der Waals surface area contributed by atoms with Crippen LogP contribution in [0.1, 0.15) is 12.5 Å². The molecule has 3 heteroatoms. The van der Waals surface area contributed by atoms with Crippen molar-refractivity contribution in [2.75, 3.05) is 6.61 Å². The van der Waals surface area contributed by atoms with Gasteiger partial charge in [0.25, 0.3) is 0 Å². The van der Waals surface area contributed by atoms with Gasteiger partial charge in [-0.15, -0.1) is 0 Å². The van der Waals surface area contributed by atoms with Gasteiger partial charge in [0.2, 0.25) is 0 Å². The van der Waals surface area contributed by atoms with Gasteiger partial charge in [-0.25, -0.2) is 0 Å². The molecule has 2 atom stereocenters. The zero-order valence-electron chi connectivity index (χ0n) is 17.5. The van der Waals surface area contributed by atoms with E-state index in [-0.39, 0.29) is 11.3 Å². The van der Waals surface area contributed by atoms with Crippen LogP contribution in [0.2, 0.25) is 0 Å². The Morgan fingerprint density at radius 3 is 1.45 bits per heavy atom. The summed E-state index contributed by atoms with van der Waals surface area (Å²) in [6.07, 6.45) is 0. The maximum atomic E-state index is 6.61. The first-order valence-electron chi connectivity index (χ1n) is 10.7. The molecule has 1 nitrogen and oxygen atoms in total. The van der Waals surface area contributed by atoms with Crippen LogP contribution >= 0.6 is 23.2 Å². The molecule has 156 valence electrons. The summed E-state index contributed by atoms with van der Waals surface area (Å²) in [6, 6.07) is 41.9. The van der Waals surface area contributed by atoms with Crippen LogP contribution in [0, 0.1) is 0 Å². The van der Waals surface area contributed by atoms with Crippen molar-refractivity contribution < 1.29 is 4.74 Å². The van der Waals surface area contributed by atoms with E-state index in [1.54, 1.807) is 0 Å². The van der Waals surface area contributed by atoms with Crippen molar-refractivity contribution in [1.29, 1.82) is 0 Å². The standard InChI is InChI=1S/C28H26BrOP/c1-28(22-17-19-23(29)20-18-22)21-30-27(28)31(24-11-5-2-6-12-24,25-13-7-3-8-14-25)26-15-9-4-10-16-26/h2-20,27,31H,21H2,1H3. The van der Waals surface area contributed by atoms with Gasteiger partial charge in [0, 0.05) is 0 Å². The van der Waals surface area contributed by atoms with Crippen molar-refractivity contribution in [2.45, 2.75) is 18.2 Å². The van der Waals surface area contributed by atoms with Crippen molar-refractivity contribution >= 4 is 39.1 Å². The van der Waals surface area contributed by atoms with E-state index in [0.29, 0.717) is 0 Å². The van der Waals surface area contributed by atoms with Crippen LogP contribution in [-0.4, -0.2) is 12.5 Å². The number of ether oxygens (including phenoxy) is 1. The molecule has 0 aromatic heterocycles. The van der Waals surface area contributed by atoms with Gasteiger partial charge in [-0.05, 0) is 0 Å². The van der Waals surface area contributed by atoms with Crippen LogP contribution in [-0.2, 0) is 10.2 Å². The monoisotopic (exact) mass is 488 g/mol. The van der Waals surface area contributed by atoms with Gasteiger partial charge in [0.15, 0.2) is 0 Å². The molecule has 1 aliphatic heterocycles. The van der Waals surface area contributed by atoms with Crippen LogP contribution in [0.5, 0.6) is 0 Å². The molecule has 0 spiro atoms. The van der Waals surface area contributed by atoms with E-state index in [1.807, 2.05) is 0 Å². The van der Waals surface area contributed by atoms with E-state index in [4.69, 9.17) is 4.74 Å². The molecule has 2 unspecified atom stereocenters. The summed E-state index contributed by atoms with van der Waals surface area (Å²) in [5.74, 6) is 0.0911. The Balaban J connectivity index is 1.79. The summed E-state index contributed by atoms with van der Waals surface area (Å²) >= 11 is 3.59. The molecule has 4 aromatic rings. The summed E-state index contributed by atoms with van der Waals surface area (Å²) in [7, 11) is -2.51. The number of hydrogen-bond acceptors (Lipinski definition) is 1. The second-order valence-electron chi connectivity index (χ2n) is 8.52. The fourth-order valence-electron chi connectivity index (χ4n) is 5.14. The van der Waals surface area contributed by atoms with E-state index in [9.17, 15) is 0 Å². The zero-order valence-corrected chi connectivity index (χ0v) is 20.1. The molecule has 0 amide bonds. The topological polar surface area (TPSA) is 9.23 Å². The third-order valence-electron chi connectivity index (χ3n) is 6.71. The summed E-state index contributed by atoms with van der Waals surface area (Å²) < 4.78 is 7.72. The number of halogens is 1. The average Bonchev–Trinajstić information content (AvgIpc) is 2.83. The molecule has 0 bridgehead atoms. The van der Waals surface area contributed by atoms with E-state index in [0.717, 1.165) is 11.1 Å². The molecule has 0 saturated carbocycles. The molecule has 1 fully saturated rings. The zero-order chi connectivity index (χ0) is 21.3. The predicted octanol–water partition coefficient (Wildman–Crippen LogP) is 5.79. The molecule has 1 saturated heterocycles. The van der Waals surface area contributed by atoms with Gasteiger partial charge < -0.3 is 0 Å². The molecule has 5 rings (SSSR count). The summed E-state index contributed by atoms with van der Waals surface area (Å²) in [5, 5.41) is 4.17. The Hall–Kier alpha value is -2.25. The van der Waals surface area contributed by atoms with Gasteiger partial charge in [-0.3, -0.25) is 0 Å². The fraction of sp³-hybridized carbons (Fsp3) is 0.143. The Kier molecular flexibility index (Phi) is 5.56. The second kappa shape index (κ2) is 8.36. The van der Waals surface area contributed by atoms with Gasteiger partial charge in [-0.1, -0.05) is 0 Å². The molecular formula is C28H26BrOP. The Labute approximate surface area is 193 Å². The van der Waals surface area contributed by atoms with E-state index < -0.39 is 7.26 Å². The molecule has 1 heterocycles. The van der Waals surface area contributed by atoms with Crippen LogP contribution in [0.4, 0.5) is 0 Å². The minimum absolute atomic E-state index is 0.0611. The van der Waals surface area contributed by atoms with E-state index in [2.05, 4.69) is 138 Å². The maximum absolute atomic E-state index is 6.61. The normalized spacial score (nSPS) is 21.3. The minimum atomic E-state index is -2.51. The summed E-state index contributed by atoms with van der Waals surface area (Å²) in [6.45, 7) is 3.11. The first-order chi connectivity index (χ1) is 15.2.